The number of carbonyl (C=O) groups is 1. The molecule has 1 amide bonds. The van der Waals surface area contributed by atoms with Crippen LogP contribution in [0.25, 0.3) is 11.1 Å². The highest BCUT2D eigenvalue weighted by Crippen LogP contribution is 2.51. The topological polar surface area (TPSA) is 110 Å². The van der Waals surface area contributed by atoms with Gasteiger partial charge >= 0.3 is 0 Å². The van der Waals surface area contributed by atoms with Crippen LogP contribution in [0.2, 0.25) is 5.02 Å². The maximum absolute atomic E-state index is 16.5. The van der Waals surface area contributed by atoms with Gasteiger partial charge in [-0.2, -0.15) is 5.26 Å². The summed E-state index contributed by atoms with van der Waals surface area (Å²) in [5, 5.41) is 31.9. The van der Waals surface area contributed by atoms with E-state index in [1.165, 1.54) is 4.90 Å². The van der Waals surface area contributed by atoms with Gasteiger partial charge in [0.05, 0.1) is 18.8 Å². The number of β-amino-alcohol motifs (C(OH)–C–C–N with tert-alkyl or cyclic N) is 1. The number of amides is 1. The quantitative estimate of drug-likeness (QED) is 0.340. The van der Waals surface area contributed by atoms with Crippen LogP contribution in [0.3, 0.4) is 0 Å². The zero-order chi connectivity index (χ0) is 30.2. The Hall–Kier alpha value is -3.39. The van der Waals surface area contributed by atoms with Gasteiger partial charge in [-0.15, -0.1) is 0 Å². The fourth-order valence-corrected chi connectivity index (χ4v) is 6.40. The fourth-order valence-electron chi connectivity index (χ4n) is 6.27. The zero-order valence-electron chi connectivity index (χ0n) is 23.8. The van der Waals surface area contributed by atoms with Gasteiger partial charge in [-0.05, 0) is 68.6 Å². The third-order valence-electron chi connectivity index (χ3n) is 8.96. The Labute approximate surface area is 255 Å². The summed E-state index contributed by atoms with van der Waals surface area (Å²) in [6.45, 7) is 1.75. The van der Waals surface area contributed by atoms with Crippen molar-refractivity contribution in [3.05, 3.63) is 88.0 Å². The van der Waals surface area contributed by atoms with Gasteiger partial charge in [-0.25, -0.2) is 9.37 Å². The summed E-state index contributed by atoms with van der Waals surface area (Å²) in [4.78, 5) is 22.2. The third-order valence-corrected chi connectivity index (χ3v) is 9.21. The van der Waals surface area contributed by atoms with E-state index in [9.17, 15) is 20.3 Å². The molecular weight excluding hydrogens is 571 g/mol. The first-order chi connectivity index (χ1) is 20.8. The number of carbonyl (C=O) groups excluding carboxylic acids is 1. The second kappa shape index (κ2) is 11.9. The molecule has 6 rings (SSSR count). The van der Waals surface area contributed by atoms with E-state index in [1.807, 2.05) is 6.07 Å². The summed E-state index contributed by atoms with van der Waals surface area (Å²) < 4.78 is 23.2. The molecule has 224 valence electrons. The highest BCUT2D eigenvalue weighted by molar-refractivity contribution is 6.30. The van der Waals surface area contributed by atoms with E-state index >= 15 is 4.39 Å². The maximum Gasteiger partial charge on any atom is 0.261 e. The normalized spacial score (nSPS) is 21.8. The van der Waals surface area contributed by atoms with E-state index < -0.39 is 29.1 Å². The molecule has 1 unspecified atom stereocenters. The third kappa shape index (κ3) is 5.66. The molecule has 2 aliphatic heterocycles. The minimum Gasteiger partial charge on any atom is -0.396 e. The summed E-state index contributed by atoms with van der Waals surface area (Å²) >= 11 is 6.07. The number of aliphatic hydroxyl groups excluding tert-OH is 2. The van der Waals surface area contributed by atoms with E-state index in [2.05, 4.69) is 9.88 Å². The molecule has 2 aromatic carbocycles. The van der Waals surface area contributed by atoms with Crippen molar-refractivity contribution in [1.82, 2.24) is 14.8 Å². The highest BCUT2D eigenvalue weighted by Gasteiger charge is 2.57. The number of piperidine rings is 1. The summed E-state index contributed by atoms with van der Waals surface area (Å²) in [5.74, 6) is -1.40. The molecule has 1 aliphatic carbocycles. The molecule has 3 heterocycles. The second-order valence-electron chi connectivity index (χ2n) is 11.9. The minimum absolute atomic E-state index is 0.0282. The molecule has 10 heteroatoms. The van der Waals surface area contributed by atoms with Crippen molar-refractivity contribution in [3.8, 4) is 17.2 Å². The van der Waals surface area contributed by atoms with E-state index in [0.717, 1.165) is 45.2 Å². The van der Waals surface area contributed by atoms with Crippen LogP contribution in [0.5, 0.6) is 0 Å². The van der Waals surface area contributed by atoms with Gasteiger partial charge in [-0.3, -0.25) is 14.6 Å². The second-order valence-corrected chi connectivity index (χ2v) is 12.3. The SMILES string of the molecule is N#Cc1cccc(C[C@@]2(OCC3(CO)CC3)c3ccc(-c4ccc(Cl)cc4)c(F)c3C(=O)N2C(O)CN2CCCCC2)n1. The van der Waals surface area contributed by atoms with Crippen molar-refractivity contribution < 1.29 is 24.1 Å². The fraction of sp³-hybridized carbons (Fsp3) is 0.424. The van der Waals surface area contributed by atoms with E-state index in [-0.39, 0.29) is 48.6 Å². The molecule has 0 spiro atoms. The van der Waals surface area contributed by atoms with Crippen LogP contribution >= 0.6 is 11.6 Å². The van der Waals surface area contributed by atoms with Crippen molar-refractivity contribution in [1.29, 1.82) is 5.26 Å². The van der Waals surface area contributed by atoms with Gasteiger partial charge < -0.3 is 14.9 Å². The van der Waals surface area contributed by atoms with Crippen LogP contribution in [0, 0.1) is 22.6 Å². The average Bonchev–Trinajstić information content (AvgIpc) is 3.76. The summed E-state index contributed by atoms with van der Waals surface area (Å²) in [6, 6.07) is 17.0. The lowest BCUT2D eigenvalue weighted by molar-refractivity contribution is -0.197. The lowest BCUT2D eigenvalue weighted by Gasteiger charge is -2.43. The molecule has 0 radical (unpaired) electrons. The standard InChI is InChI=1S/C33H34ClFN4O4/c34-23-9-7-22(8-10-23)26-11-12-27-29(30(26)35)31(42)39(28(41)19-38-15-2-1-3-16-38)33(27,43-21-32(20-40)13-14-32)17-24-5-4-6-25(18-36)37-24/h4-12,28,40-41H,1-3,13-17,19-21H2/t28?,33-/m1/s1. The molecule has 8 nitrogen and oxygen atoms in total. The monoisotopic (exact) mass is 604 g/mol. The first-order valence-corrected chi connectivity index (χ1v) is 15.1. The van der Waals surface area contributed by atoms with Gasteiger partial charge in [-0.1, -0.05) is 48.4 Å². The number of halogens is 2. The number of hydrogen-bond donors (Lipinski definition) is 2. The van der Waals surface area contributed by atoms with Gasteiger partial charge in [0.2, 0.25) is 0 Å². The van der Waals surface area contributed by atoms with Crippen molar-refractivity contribution in [2.24, 2.45) is 5.41 Å². The molecular formula is C33H34ClFN4O4. The Morgan fingerprint density at radius 3 is 2.51 bits per heavy atom. The smallest absolute Gasteiger partial charge is 0.261 e. The Balaban J connectivity index is 1.50. The number of likely N-dealkylation sites (tertiary alicyclic amines) is 1. The number of rotatable bonds is 10. The first kappa shape index (κ1) is 29.7. The molecule has 3 aromatic rings. The summed E-state index contributed by atoms with van der Waals surface area (Å²) in [7, 11) is 0. The first-order valence-electron chi connectivity index (χ1n) is 14.7. The molecule has 3 aliphatic rings. The Bertz CT molecular complexity index is 1550. The number of nitriles is 1. The Morgan fingerprint density at radius 2 is 1.84 bits per heavy atom. The largest absolute Gasteiger partial charge is 0.396 e. The number of hydrogen-bond acceptors (Lipinski definition) is 7. The number of aromatic nitrogens is 1. The van der Waals surface area contributed by atoms with Crippen molar-refractivity contribution in [2.45, 2.75) is 50.5 Å². The number of ether oxygens (including phenoxy) is 1. The van der Waals surface area contributed by atoms with E-state index in [0.29, 0.717) is 16.3 Å². The Morgan fingerprint density at radius 1 is 1.09 bits per heavy atom. The highest BCUT2D eigenvalue weighted by atomic mass is 35.5. The number of aliphatic hydroxyl groups is 2. The molecule has 1 saturated heterocycles. The molecule has 2 fully saturated rings. The summed E-state index contributed by atoms with van der Waals surface area (Å²) in [6.07, 6.45) is 3.25. The average molecular weight is 605 g/mol. The zero-order valence-corrected chi connectivity index (χ0v) is 24.6. The number of fused-ring (bicyclic) bond motifs is 1. The Kier molecular flexibility index (Phi) is 8.24. The molecule has 2 N–H and O–H groups in total. The molecule has 0 bridgehead atoms. The predicted molar refractivity (Wildman–Crippen MR) is 158 cm³/mol. The van der Waals surface area contributed by atoms with Crippen LogP contribution in [0.1, 0.15) is 59.4 Å². The lowest BCUT2D eigenvalue weighted by atomic mass is 9.92. The van der Waals surface area contributed by atoms with Gasteiger partial charge in [0.1, 0.15) is 23.8 Å². The van der Waals surface area contributed by atoms with Crippen molar-refractivity contribution in [2.75, 3.05) is 32.8 Å². The van der Waals surface area contributed by atoms with Crippen LogP contribution < -0.4 is 0 Å². The van der Waals surface area contributed by atoms with Crippen LogP contribution in [0.15, 0.2) is 54.6 Å². The number of benzene rings is 2. The molecule has 43 heavy (non-hydrogen) atoms. The predicted octanol–water partition coefficient (Wildman–Crippen LogP) is 4.86. The lowest BCUT2D eigenvalue weighted by Crippen LogP contribution is -2.56. The molecule has 2 atom stereocenters. The van der Waals surface area contributed by atoms with Gasteiger partial charge in [0.15, 0.2) is 5.72 Å². The summed E-state index contributed by atoms with van der Waals surface area (Å²) in [5.41, 5.74) is -0.570. The number of nitrogens with zero attached hydrogens (tertiary/aromatic N) is 4. The van der Waals surface area contributed by atoms with Gasteiger partial charge in [0.25, 0.3) is 5.91 Å². The van der Waals surface area contributed by atoms with Crippen molar-refractivity contribution in [3.63, 3.8) is 0 Å². The van der Waals surface area contributed by atoms with E-state index in [1.54, 1.807) is 54.6 Å². The molecule has 1 saturated carbocycles. The van der Waals surface area contributed by atoms with Crippen LogP contribution in [-0.4, -0.2) is 70.0 Å². The molecule has 1 aromatic heterocycles. The minimum atomic E-state index is -1.63. The maximum atomic E-state index is 16.5. The number of pyridine rings is 1. The van der Waals surface area contributed by atoms with Gasteiger partial charge in [0, 0.05) is 40.2 Å². The van der Waals surface area contributed by atoms with Crippen molar-refractivity contribution >= 4 is 17.5 Å². The van der Waals surface area contributed by atoms with Crippen LogP contribution in [0.4, 0.5) is 4.39 Å². The van der Waals surface area contributed by atoms with Crippen LogP contribution in [-0.2, 0) is 16.9 Å². The van der Waals surface area contributed by atoms with E-state index in [4.69, 9.17) is 16.3 Å².